The van der Waals surface area contributed by atoms with Gasteiger partial charge in [0.1, 0.15) is 17.6 Å². The van der Waals surface area contributed by atoms with Crippen molar-refractivity contribution in [1.82, 2.24) is 0 Å². The van der Waals surface area contributed by atoms with Gasteiger partial charge in [-0.25, -0.2) is 0 Å². The van der Waals surface area contributed by atoms with Crippen molar-refractivity contribution in [1.29, 1.82) is 0 Å². The highest BCUT2D eigenvalue weighted by Crippen LogP contribution is 2.22. The molecule has 0 heterocycles. The number of esters is 1. The van der Waals surface area contributed by atoms with Gasteiger partial charge in [-0.2, -0.15) is 0 Å². The van der Waals surface area contributed by atoms with E-state index >= 15 is 0 Å². The van der Waals surface area contributed by atoms with Gasteiger partial charge in [0.25, 0.3) is 0 Å². The van der Waals surface area contributed by atoms with Crippen molar-refractivity contribution in [3.05, 3.63) is 59.7 Å². The first kappa shape index (κ1) is 32.7. The third-order valence-electron chi connectivity index (χ3n) is 7.21. The number of rotatable bonds is 23. The topological polar surface area (TPSA) is 44.8 Å². The normalized spacial score (nSPS) is 11.8. The first-order valence-electron chi connectivity index (χ1n) is 15.8. The SMILES string of the molecule is CCCCCCCCCCCCOc1ccc(CC(=O)OC(C)c2ccc(OCCCCCCC)cc2)cc1. The fourth-order valence-corrected chi connectivity index (χ4v) is 4.69. The summed E-state index contributed by atoms with van der Waals surface area (Å²) in [5.41, 5.74) is 1.90. The molecule has 0 radical (unpaired) electrons. The van der Waals surface area contributed by atoms with Gasteiger partial charge in [0.2, 0.25) is 0 Å². The van der Waals surface area contributed by atoms with Crippen LogP contribution in [0.5, 0.6) is 11.5 Å². The van der Waals surface area contributed by atoms with Crippen LogP contribution >= 0.6 is 0 Å². The monoisotopic (exact) mass is 538 g/mol. The molecule has 0 aliphatic carbocycles. The summed E-state index contributed by atoms with van der Waals surface area (Å²) in [6, 6.07) is 15.7. The van der Waals surface area contributed by atoms with Gasteiger partial charge < -0.3 is 14.2 Å². The number of carbonyl (C=O) groups excluding carboxylic acids is 1. The Hall–Kier alpha value is -2.49. The molecule has 0 aromatic heterocycles. The quantitative estimate of drug-likeness (QED) is 0.104. The van der Waals surface area contributed by atoms with E-state index in [9.17, 15) is 4.79 Å². The fourth-order valence-electron chi connectivity index (χ4n) is 4.69. The number of benzene rings is 2. The number of hydrogen-bond donors (Lipinski definition) is 0. The molecule has 2 aromatic carbocycles. The second kappa shape index (κ2) is 21.3. The average molecular weight is 539 g/mol. The van der Waals surface area contributed by atoms with Crippen LogP contribution < -0.4 is 9.47 Å². The summed E-state index contributed by atoms with van der Waals surface area (Å²) in [6.07, 6.45) is 19.3. The van der Waals surface area contributed by atoms with E-state index in [1.54, 1.807) is 0 Å². The molecule has 1 atom stereocenters. The third-order valence-corrected chi connectivity index (χ3v) is 7.21. The van der Waals surface area contributed by atoms with Crippen molar-refractivity contribution >= 4 is 5.97 Å². The molecule has 0 aliphatic rings. The minimum Gasteiger partial charge on any atom is -0.494 e. The molecule has 0 amide bonds. The Morgan fingerprint density at radius 3 is 1.46 bits per heavy atom. The van der Waals surface area contributed by atoms with Crippen LogP contribution in [-0.2, 0) is 16.0 Å². The Morgan fingerprint density at radius 1 is 0.590 bits per heavy atom. The van der Waals surface area contributed by atoms with E-state index in [0.717, 1.165) is 48.7 Å². The fraction of sp³-hybridized carbons (Fsp3) is 0.629. The van der Waals surface area contributed by atoms with Crippen molar-refractivity contribution in [2.24, 2.45) is 0 Å². The molecule has 0 spiro atoms. The first-order chi connectivity index (χ1) is 19.1. The number of ether oxygens (including phenoxy) is 3. The van der Waals surface area contributed by atoms with Crippen molar-refractivity contribution in [2.45, 2.75) is 130 Å². The van der Waals surface area contributed by atoms with Gasteiger partial charge in [-0.15, -0.1) is 0 Å². The van der Waals surface area contributed by atoms with Crippen LogP contribution in [0, 0.1) is 0 Å². The molecule has 4 heteroatoms. The lowest BCUT2D eigenvalue weighted by atomic mass is 10.1. The molecule has 39 heavy (non-hydrogen) atoms. The molecule has 0 bridgehead atoms. The highest BCUT2D eigenvalue weighted by Gasteiger charge is 2.13. The minimum absolute atomic E-state index is 0.228. The van der Waals surface area contributed by atoms with Gasteiger partial charge in [0.15, 0.2) is 0 Å². The van der Waals surface area contributed by atoms with Gasteiger partial charge in [-0.05, 0) is 55.2 Å². The van der Waals surface area contributed by atoms with Crippen molar-refractivity contribution in [3.63, 3.8) is 0 Å². The summed E-state index contributed by atoms with van der Waals surface area (Å²) < 4.78 is 17.4. The van der Waals surface area contributed by atoms with E-state index in [2.05, 4.69) is 13.8 Å². The number of carbonyl (C=O) groups is 1. The lowest BCUT2D eigenvalue weighted by Gasteiger charge is -2.15. The van der Waals surface area contributed by atoms with Crippen LogP contribution in [0.1, 0.15) is 134 Å². The van der Waals surface area contributed by atoms with Gasteiger partial charge >= 0.3 is 5.97 Å². The van der Waals surface area contributed by atoms with Crippen LogP contribution in [0.3, 0.4) is 0 Å². The minimum atomic E-state index is -0.302. The van der Waals surface area contributed by atoms with Crippen LogP contribution in [0.2, 0.25) is 0 Å². The van der Waals surface area contributed by atoms with E-state index in [0.29, 0.717) is 0 Å². The Kier molecular flexibility index (Phi) is 17.9. The highest BCUT2D eigenvalue weighted by molar-refractivity contribution is 5.73. The van der Waals surface area contributed by atoms with Crippen LogP contribution in [0.15, 0.2) is 48.5 Å². The second-order valence-corrected chi connectivity index (χ2v) is 10.8. The van der Waals surface area contributed by atoms with Crippen LogP contribution in [0.25, 0.3) is 0 Å². The number of unbranched alkanes of at least 4 members (excludes halogenated alkanes) is 13. The summed E-state index contributed by atoms with van der Waals surface area (Å²) in [4.78, 5) is 12.5. The smallest absolute Gasteiger partial charge is 0.310 e. The summed E-state index contributed by atoms with van der Waals surface area (Å²) in [5, 5.41) is 0. The van der Waals surface area contributed by atoms with Gasteiger partial charge in [-0.1, -0.05) is 122 Å². The van der Waals surface area contributed by atoms with Crippen LogP contribution in [-0.4, -0.2) is 19.2 Å². The van der Waals surface area contributed by atoms with Crippen LogP contribution in [0.4, 0.5) is 0 Å². The Bertz CT molecular complexity index is 859. The molecule has 0 aliphatic heterocycles. The molecule has 218 valence electrons. The Labute approximate surface area is 238 Å². The molecule has 4 nitrogen and oxygen atoms in total. The summed E-state index contributed by atoms with van der Waals surface area (Å²) in [7, 11) is 0. The van der Waals surface area contributed by atoms with Crippen molar-refractivity contribution in [2.75, 3.05) is 13.2 Å². The van der Waals surface area contributed by atoms with E-state index in [1.165, 1.54) is 83.5 Å². The first-order valence-corrected chi connectivity index (χ1v) is 15.8. The molecule has 0 fully saturated rings. The molecule has 0 N–H and O–H groups in total. The van der Waals surface area contributed by atoms with Crippen molar-refractivity contribution in [3.8, 4) is 11.5 Å². The predicted octanol–water partition coefficient (Wildman–Crippen LogP) is 10.2. The molecule has 0 saturated heterocycles. The molecule has 2 aromatic rings. The summed E-state index contributed by atoms with van der Waals surface area (Å²) in [5.74, 6) is 1.50. The van der Waals surface area contributed by atoms with Gasteiger partial charge in [-0.3, -0.25) is 4.79 Å². The predicted molar refractivity (Wildman–Crippen MR) is 163 cm³/mol. The maximum Gasteiger partial charge on any atom is 0.310 e. The second-order valence-electron chi connectivity index (χ2n) is 10.8. The molecule has 2 rings (SSSR count). The lowest BCUT2D eigenvalue weighted by molar-refractivity contribution is -0.147. The Morgan fingerprint density at radius 2 is 1.00 bits per heavy atom. The van der Waals surface area contributed by atoms with E-state index < -0.39 is 0 Å². The lowest BCUT2D eigenvalue weighted by Crippen LogP contribution is -2.11. The zero-order valence-electron chi connectivity index (χ0n) is 25.1. The van der Waals surface area contributed by atoms with Crippen molar-refractivity contribution < 1.29 is 19.0 Å². The van der Waals surface area contributed by atoms with E-state index in [-0.39, 0.29) is 18.5 Å². The van der Waals surface area contributed by atoms with Gasteiger partial charge in [0.05, 0.1) is 19.6 Å². The molecule has 0 saturated carbocycles. The maximum absolute atomic E-state index is 12.5. The molecular weight excluding hydrogens is 484 g/mol. The van der Waals surface area contributed by atoms with Gasteiger partial charge in [0, 0.05) is 0 Å². The zero-order chi connectivity index (χ0) is 28.0. The average Bonchev–Trinajstić information content (AvgIpc) is 2.94. The largest absolute Gasteiger partial charge is 0.494 e. The standard InChI is InChI=1S/C35H54O4/c1-4-6-8-10-11-12-13-14-16-18-28-37-33-23-19-31(20-24-33)29-35(36)39-30(3)32-21-25-34(26-22-32)38-27-17-15-9-7-5-2/h19-26,30H,4-18,27-29H2,1-3H3. The maximum atomic E-state index is 12.5. The summed E-state index contributed by atoms with van der Waals surface area (Å²) in [6.45, 7) is 7.90. The summed E-state index contributed by atoms with van der Waals surface area (Å²) >= 11 is 0. The molecular formula is C35H54O4. The molecule has 1 unspecified atom stereocenters. The number of hydrogen-bond acceptors (Lipinski definition) is 4. The highest BCUT2D eigenvalue weighted by atomic mass is 16.5. The van der Waals surface area contributed by atoms with E-state index in [1.807, 2.05) is 55.5 Å². The zero-order valence-corrected chi connectivity index (χ0v) is 25.1. The third kappa shape index (κ3) is 15.6. The Balaban J connectivity index is 1.58. The van der Waals surface area contributed by atoms with E-state index in [4.69, 9.17) is 14.2 Å².